The molecule has 5 nitrogen and oxygen atoms in total. The van der Waals surface area contributed by atoms with Gasteiger partial charge in [-0.2, -0.15) is 5.10 Å². The Bertz CT molecular complexity index is 1020. The quantitative estimate of drug-likeness (QED) is 0.351. The van der Waals surface area contributed by atoms with Crippen LogP contribution in [0.2, 0.25) is 0 Å². The third-order valence-corrected chi connectivity index (χ3v) is 4.59. The van der Waals surface area contributed by atoms with Crippen molar-refractivity contribution >= 4 is 41.5 Å². The second-order valence-corrected chi connectivity index (χ2v) is 6.86. The van der Waals surface area contributed by atoms with Gasteiger partial charge in [0.25, 0.3) is 11.8 Å². The van der Waals surface area contributed by atoms with Crippen molar-refractivity contribution in [3.63, 3.8) is 0 Å². The number of benzene rings is 2. The molecule has 0 aliphatic heterocycles. The maximum Gasteiger partial charge on any atom is 0.287 e. The van der Waals surface area contributed by atoms with E-state index in [1.165, 1.54) is 17.6 Å². The van der Waals surface area contributed by atoms with Crippen LogP contribution in [-0.4, -0.2) is 18.0 Å². The minimum Gasteiger partial charge on any atom is -0.317 e. The summed E-state index contributed by atoms with van der Waals surface area (Å²) >= 11 is 1.46. The summed E-state index contributed by atoms with van der Waals surface area (Å²) in [6, 6.07) is 22.2. The maximum atomic E-state index is 12.5. The van der Waals surface area contributed by atoms with Crippen LogP contribution in [0.3, 0.4) is 0 Å². The van der Waals surface area contributed by atoms with Crippen molar-refractivity contribution in [3.05, 3.63) is 106 Å². The number of hydrogen-bond acceptors (Lipinski definition) is 4. The zero-order chi connectivity index (χ0) is 20.3. The molecule has 0 saturated heterocycles. The Morgan fingerprint density at radius 2 is 1.62 bits per heavy atom. The average Bonchev–Trinajstić information content (AvgIpc) is 3.27. The summed E-state index contributed by atoms with van der Waals surface area (Å²) in [6.07, 6.45) is 6.69. The van der Waals surface area contributed by atoms with Crippen molar-refractivity contribution in [2.24, 2.45) is 5.10 Å². The normalized spacial score (nSPS) is 11.7. The van der Waals surface area contributed by atoms with E-state index in [-0.39, 0.29) is 11.6 Å². The Morgan fingerprint density at radius 3 is 2.31 bits per heavy atom. The summed E-state index contributed by atoms with van der Waals surface area (Å²) in [5.41, 5.74) is 4.05. The molecule has 0 aliphatic carbocycles. The Labute approximate surface area is 173 Å². The number of allylic oxidation sites excluding steroid dienone is 1. The molecule has 2 amide bonds. The van der Waals surface area contributed by atoms with Crippen LogP contribution in [0.15, 0.2) is 95.1 Å². The van der Waals surface area contributed by atoms with Gasteiger partial charge in [-0.3, -0.25) is 9.59 Å². The highest BCUT2D eigenvalue weighted by atomic mass is 32.1. The van der Waals surface area contributed by atoms with Gasteiger partial charge in [0, 0.05) is 16.7 Å². The number of hydrogen-bond donors (Lipinski definition) is 2. The molecule has 1 heterocycles. The van der Waals surface area contributed by atoms with Crippen LogP contribution >= 0.6 is 11.3 Å². The first-order valence-electron chi connectivity index (χ1n) is 8.89. The molecule has 3 rings (SSSR count). The monoisotopic (exact) mass is 401 g/mol. The van der Waals surface area contributed by atoms with Gasteiger partial charge in [-0.15, -0.1) is 11.3 Å². The van der Waals surface area contributed by atoms with Crippen LogP contribution in [0.5, 0.6) is 0 Å². The van der Waals surface area contributed by atoms with Crippen LogP contribution in [0.4, 0.5) is 0 Å². The van der Waals surface area contributed by atoms with E-state index < -0.39 is 5.91 Å². The summed E-state index contributed by atoms with van der Waals surface area (Å²) in [5.74, 6) is -0.872. The van der Waals surface area contributed by atoms with Gasteiger partial charge in [-0.25, -0.2) is 5.43 Å². The van der Waals surface area contributed by atoms with E-state index in [4.69, 9.17) is 0 Å². The summed E-state index contributed by atoms with van der Waals surface area (Å²) in [6.45, 7) is 0. The largest absolute Gasteiger partial charge is 0.317 e. The molecule has 0 aliphatic rings. The summed E-state index contributed by atoms with van der Waals surface area (Å²) in [5, 5.41) is 8.48. The number of hydrazone groups is 1. The van der Waals surface area contributed by atoms with Crippen LogP contribution in [0.25, 0.3) is 12.2 Å². The van der Waals surface area contributed by atoms with Crippen molar-refractivity contribution in [1.29, 1.82) is 0 Å². The number of amides is 2. The van der Waals surface area contributed by atoms with Gasteiger partial charge in [0.15, 0.2) is 0 Å². The van der Waals surface area contributed by atoms with E-state index >= 15 is 0 Å². The lowest BCUT2D eigenvalue weighted by atomic mass is 10.2. The summed E-state index contributed by atoms with van der Waals surface area (Å²) < 4.78 is 0. The van der Waals surface area contributed by atoms with E-state index in [2.05, 4.69) is 15.8 Å². The van der Waals surface area contributed by atoms with E-state index in [1.807, 2.05) is 60.0 Å². The third kappa shape index (κ3) is 6.41. The van der Waals surface area contributed by atoms with E-state index in [0.717, 1.165) is 10.4 Å². The second-order valence-electron chi connectivity index (χ2n) is 5.88. The average molecular weight is 401 g/mol. The minimum absolute atomic E-state index is 0.116. The van der Waals surface area contributed by atoms with Crippen LogP contribution < -0.4 is 10.7 Å². The Kier molecular flexibility index (Phi) is 7.26. The summed E-state index contributed by atoms with van der Waals surface area (Å²) in [4.78, 5) is 25.8. The van der Waals surface area contributed by atoms with Crippen molar-refractivity contribution in [1.82, 2.24) is 10.7 Å². The number of nitrogens with zero attached hydrogens (tertiary/aromatic N) is 1. The second kappa shape index (κ2) is 10.5. The van der Waals surface area contributed by atoms with Crippen LogP contribution in [0, 0.1) is 0 Å². The molecule has 29 heavy (non-hydrogen) atoms. The lowest BCUT2D eigenvalue weighted by Crippen LogP contribution is -2.32. The minimum atomic E-state index is -0.507. The van der Waals surface area contributed by atoms with Gasteiger partial charge in [0.1, 0.15) is 5.70 Å². The molecule has 1 aromatic heterocycles. The molecule has 0 saturated carbocycles. The molecule has 2 N–H and O–H groups in total. The molecular formula is C23H19N3O2S. The Hall–Kier alpha value is -3.77. The molecular weight excluding hydrogens is 382 g/mol. The molecule has 3 aromatic rings. The zero-order valence-corrected chi connectivity index (χ0v) is 16.3. The van der Waals surface area contributed by atoms with E-state index in [1.54, 1.807) is 36.4 Å². The standard InChI is InChI=1S/C23H19N3O2S/c27-22(19-12-5-2-6-13-19)25-21(17-20-14-8-16-29-20)23(28)26-24-15-7-11-18-9-3-1-4-10-18/h1-17H,(H,25,27)(H,26,28)/b11-7-,21-17+,24-15?. The van der Waals surface area contributed by atoms with Crippen molar-refractivity contribution in [2.75, 3.05) is 0 Å². The highest BCUT2D eigenvalue weighted by Gasteiger charge is 2.14. The van der Waals surface area contributed by atoms with Gasteiger partial charge >= 0.3 is 0 Å². The lowest BCUT2D eigenvalue weighted by molar-refractivity contribution is -0.117. The first-order chi connectivity index (χ1) is 14.2. The molecule has 2 aromatic carbocycles. The lowest BCUT2D eigenvalue weighted by Gasteiger charge is -2.08. The number of thiophene rings is 1. The summed E-state index contributed by atoms with van der Waals surface area (Å²) in [7, 11) is 0. The molecule has 144 valence electrons. The first kappa shape index (κ1) is 20.0. The smallest absolute Gasteiger partial charge is 0.287 e. The SMILES string of the molecule is O=C(NN=C/C=C\c1ccccc1)/C(=C\c1cccs1)NC(=O)c1ccccc1. The fraction of sp³-hybridized carbons (Fsp3) is 0. The predicted octanol–water partition coefficient (Wildman–Crippen LogP) is 4.33. The molecule has 0 spiro atoms. The van der Waals surface area contributed by atoms with E-state index in [9.17, 15) is 9.59 Å². The molecule has 0 unspecified atom stereocenters. The predicted molar refractivity (Wildman–Crippen MR) is 118 cm³/mol. The zero-order valence-electron chi connectivity index (χ0n) is 15.5. The number of nitrogens with one attached hydrogen (secondary N) is 2. The van der Waals surface area contributed by atoms with Gasteiger partial charge in [-0.05, 0) is 41.3 Å². The fourth-order valence-corrected chi connectivity index (χ4v) is 3.03. The van der Waals surface area contributed by atoms with Crippen molar-refractivity contribution in [3.8, 4) is 0 Å². The highest BCUT2D eigenvalue weighted by molar-refractivity contribution is 7.10. The number of carbonyl (C=O) groups is 2. The van der Waals surface area contributed by atoms with Crippen LogP contribution in [0.1, 0.15) is 20.8 Å². The fourth-order valence-electron chi connectivity index (χ4n) is 2.38. The maximum absolute atomic E-state index is 12.5. The van der Waals surface area contributed by atoms with Gasteiger partial charge < -0.3 is 5.32 Å². The molecule has 0 bridgehead atoms. The topological polar surface area (TPSA) is 70.6 Å². The van der Waals surface area contributed by atoms with Crippen LogP contribution in [-0.2, 0) is 4.79 Å². The molecule has 0 radical (unpaired) electrons. The molecule has 6 heteroatoms. The van der Waals surface area contributed by atoms with Gasteiger partial charge in [0.05, 0.1) is 0 Å². The number of rotatable bonds is 7. The van der Waals surface area contributed by atoms with Gasteiger partial charge in [0.2, 0.25) is 0 Å². The Balaban J connectivity index is 1.67. The molecule has 0 fully saturated rings. The molecule has 0 atom stereocenters. The third-order valence-electron chi connectivity index (χ3n) is 3.77. The highest BCUT2D eigenvalue weighted by Crippen LogP contribution is 2.13. The Morgan fingerprint density at radius 1 is 0.897 bits per heavy atom. The van der Waals surface area contributed by atoms with Crippen molar-refractivity contribution < 1.29 is 9.59 Å². The number of carbonyl (C=O) groups excluding carboxylic acids is 2. The van der Waals surface area contributed by atoms with Gasteiger partial charge in [-0.1, -0.05) is 60.7 Å². The van der Waals surface area contributed by atoms with Crippen molar-refractivity contribution in [2.45, 2.75) is 0 Å². The first-order valence-corrected chi connectivity index (χ1v) is 9.77. The van der Waals surface area contributed by atoms with E-state index in [0.29, 0.717) is 5.56 Å².